The van der Waals surface area contributed by atoms with Gasteiger partial charge in [0.1, 0.15) is 10.3 Å². The van der Waals surface area contributed by atoms with Crippen molar-refractivity contribution in [2.45, 2.75) is 51.4 Å². The Morgan fingerprint density at radius 1 is 1.20 bits per heavy atom. The summed E-state index contributed by atoms with van der Waals surface area (Å²) in [5.41, 5.74) is 2.06. The first-order valence-corrected chi connectivity index (χ1v) is 8.09. The van der Waals surface area contributed by atoms with E-state index >= 15 is 0 Å². The monoisotopic (exact) mass is 289 g/mol. The minimum absolute atomic E-state index is 0.0898. The topological polar surface area (TPSA) is 54.9 Å². The second-order valence-electron chi connectivity index (χ2n) is 5.45. The molecule has 0 radical (unpaired) electrons. The summed E-state index contributed by atoms with van der Waals surface area (Å²) in [5, 5.41) is 3.37. The Labute approximate surface area is 122 Å². The van der Waals surface area contributed by atoms with Gasteiger partial charge in [-0.2, -0.15) is 0 Å². The maximum absolute atomic E-state index is 11.1. The number of hydrogen-bond acceptors (Lipinski definition) is 4. The molecule has 1 aliphatic carbocycles. The minimum Gasteiger partial charge on any atom is -0.302 e. The number of carbonyl (C=O) groups excluding carboxylic acids is 1. The highest BCUT2D eigenvalue weighted by molar-refractivity contribution is 7.21. The number of nitrogens with zero attached hydrogens (tertiary/aromatic N) is 2. The molecule has 2 aromatic rings. The second kappa shape index (κ2) is 5.87. The van der Waals surface area contributed by atoms with Crippen molar-refractivity contribution in [1.82, 2.24) is 9.97 Å². The lowest BCUT2D eigenvalue weighted by Gasteiger charge is -2.12. The van der Waals surface area contributed by atoms with Crippen molar-refractivity contribution in [1.29, 1.82) is 0 Å². The smallest absolute Gasteiger partial charge is 0.223 e. The van der Waals surface area contributed by atoms with Crippen LogP contribution in [0.4, 0.5) is 5.13 Å². The zero-order valence-corrected chi connectivity index (χ0v) is 12.5. The van der Waals surface area contributed by atoms with Crippen LogP contribution in [0.1, 0.15) is 57.1 Å². The van der Waals surface area contributed by atoms with E-state index in [1.807, 2.05) is 6.07 Å². The second-order valence-corrected chi connectivity index (χ2v) is 6.43. The molecule has 3 rings (SSSR count). The first-order chi connectivity index (χ1) is 9.72. The quantitative estimate of drug-likeness (QED) is 0.847. The number of carbonyl (C=O) groups is 1. The van der Waals surface area contributed by atoms with E-state index in [0.29, 0.717) is 11.0 Å². The van der Waals surface area contributed by atoms with Gasteiger partial charge in [0.2, 0.25) is 5.91 Å². The Bertz CT molecular complexity index is 615. The van der Waals surface area contributed by atoms with Crippen LogP contribution >= 0.6 is 11.3 Å². The third kappa shape index (κ3) is 2.98. The van der Waals surface area contributed by atoms with Gasteiger partial charge in [-0.1, -0.05) is 37.0 Å². The summed E-state index contributed by atoms with van der Waals surface area (Å²) in [4.78, 5) is 21.2. The molecule has 1 fully saturated rings. The van der Waals surface area contributed by atoms with E-state index in [1.165, 1.54) is 62.5 Å². The highest BCUT2D eigenvalue weighted by Gasteiger charge is 2.17. The van der Waals surface area contributed by atoms with Gasteiger partial charge in [0.15, 0.2) is 5.13 Å². The maximum Gasteiger partial charge on any atom is 0.223 e. The molecule has 0 unspecified atom stereocenters. The number of aromatic nitrogens is 2. The largest absolute Gasteiger partial charge is 0.302 e. The van der Waals surface area contributed by atoms with Crippen molar-refractivity contribution >= 4 is 32.7 Å². The first-order valence-electron chi connectivity index (χ1n) is 7.27. The Morgan fingerprint density at radius 2 is 1.95 bits per heavy atom. The molecule has 1 amide bonds. The third-order valence-electron chi connectivity index (χ3n) is 3.83. The van der Waals surface area contributed by atoms with Gasteiger partial charge >= 0.3 is 0 Å². The average Bonchev–Trinajstić information content (AvgIpc) is 2.62. The van der Waals surface area contributed by atoms with Crippen molar-refractivity contribution in [2.75, 3.05) is 5.32 Å². The summed E-state index contributed by atoms with van der Waals surface area (Å²) in [6.07, 6.45) is 7.82. The zero-order chi connectivity index (χ0) is 13.9. The predicted octanol–water partition coefficient (Wildman–Crippen LogP) is 4.09. The molecule has 0 aliphatic heterocycles. The molecule has 1 N–H and O–H groups in total. The zero-order valence-electron chi connectivity index (χ0n) is 11.7. The van der Waals surface area contributed by atoms with Crippen LogP contribution < -0.4 is 5.32 Å². The molecule has 0 spiro atoms. The van der Waals surface area contributed by atoms with Crippen LogP contribution in [-0.4, -0.2) is 15.9 Å². The lowest BCUT2D eigenvalue weighted by Crippen LogP contribution is -2.04. The van der Waals surface area contributed by atoms with Crippen molar-refractivity contribution in [3.8, 4) is 0 Å². The minimum atomic E-state index is -0.0898. The number of anilines is 1. The predicted molar refractivity (Wildman–Crippen MR) is 82.2 cm³/mol. The lowest BCUT2D eigenvalue weighted by molar-refractivity contribution is -0.114. The molecule has 106 valence electrons. The Hall–Kier alpha value is -1.49. The van der Waals surface area contributed by atoms with Gasteiger partial charge in [-0.3, -0.25) is 4.79 Å². The van der Waals surface area contributed by atoms with Gasteiger partial charge in [0.05, 0.1) is 0 Å². The molecule has 1 aliphatic rings. The van der Waals surface area contributed by atoms with Crippen molar-refractivity contribution in [3.63, 3.8) is 0 Å². The van der Waals surface area contributed by atoms with Crippen LogP contribution in [0.2, 0.25) is 0 Å². The highest BCUT2D eigenvalue weighted by Crippen LogP contribution is 2.32. The molecule has 0 saturated heterocycles. The normalized spacial score (nSPS) is 17.1. The van der Waals surface area contributed by atoms with Crippen molar-refractivity contribution in [3.05, 3.63) is 17.8 Å². The van der Waals surface area contributed by atoms with Gasteiger partial charge in [-0.25, -0.2) is 9.97 Å². The summed E-state index contributed by atoms with van der Waals surface area (Å²) in [6.45, 7) is 1.50. The first kappa shape index (κ1) is 13.5. The average molecular weight is 289 g/mol. The van der Waals surface area contributed by atoms with Crippen LogP contribution in [0, 0.1) is 0 Å². The fraction of sp³-hybridized carbons (Fsp3) is 0.533. The van der Waals surface area contributed by atoms with E-state index in [4.69, 9.17) is 4.98 Å². The molecular weight excluding hydrogens is 270 g/mol. The maximum atomic E-state index is 11.1. The number of pyridine rings is 1. The van der Waals surface area contributed by atoms with E-state index in [-0.39, 0.29) is 5.91 Å². The van der Waals surface area contributed by atoms with Gasteiger partial charge in [0, 0.05) is 18.5 Å². The molecular formula is C15H19N3OS. The third-order valence-corrected chi connectivity index (χ3v) is 4.71. The number of nitrogens with one attached hydrogen (secondary N) is 1. The number of thiazole rings is 1. The molecule has 0 atom stereocenters. The summed E-state index contributed by atoms with van der Waals surface area (Å²) < 4.78 is 0. The van der Waals surface area contributed by atoms with Crippen LogP contribution in [0.5, 0.6) is 0 Å². The molecule has 2 aromatic heterocycles. The SMILES string of the molecule is CC(=O)Nc1nc2ccc(C3CCCCCC3)nc2s1. The molecule has 1 saturated carbocycles. The van der Waals surface area contributed by atoms with E-state index in [1.54, 1.807) is 0 Å². The standard InChI is InChI=1S/C15H19N3OS/c1-10(19)16-15-18-13-9-8-12(17-14(13)20-15)11-6-4-2-3-5-7-11/h8-9,11H,2-7H2,1H3,(H,16,18,19). The summed E-state index contributed by atoms with van der Waals surface area (Å²) in [7, 11) is 0. The fourth-order valence-corrected chi connectivity index (χ4v) is 3.73. The van der Waals surface area contributed by atoms with E-state index in [9.17, 15) is 4.79 Å². The molecule has 5 heteroatoms. The number of fused-ring (bicyclic) bond motifs is 1. The summed E-state index contributed by atoms with van der Waals surface area (Å²) >= 11 is 1.45. The fourth-order valence-electron chi connectivity index (χ4n) is 2.84. The van der Waals surface area contributed by atoms with Gasteiger partial charge < -0.3 is 5.32 Å². The molecule has 20 heavy (non-hydrogen) atoms. The summed E-state index contributed by atoms with van der Waals surface area (Å²) in [5.74, 6) is 0.501. The molecule has 0 aromatic carbocycles. The number of rotatable bonds is 2. The van der Waals surface area contributed by atoms with Crippen LogP contribution in [0.25, 0.3) is 10.3 Å². The van der Waals surface area contributed by atoms with Gasteiger partial charge in [-0.15, -0.1) is 0 Å². The van der Waals surface area contributed by atoms with E-state index < -0.39 is 0 Å². The Balaban J connectivity index is 1.87. The van der Waals surface area contributed by atoms with E-state index in [2.05, 4.69) is 16.4 Å². The Morgan fingerprint density at radius 3 is 2.65 bits per heavy atom. The molecule has 4 nitrogen and oxygen atoms in total. The van der Waals surface area contributed by atoms with Crippen LogP contribution in [0.3, 0.4) is 0 Å². The number of amides is 1. The van der Waals surface area contributed by atoms with Crippen LogP contribution in [0.15, 0.2) is 12.1 Å². The van der Waals surface area contributed by atoms with Crippen LogP contribution in [-0.2, 0) is 4.79 Å². The van der Waals surface area contributed by atoms with Crippen molar-refractivity contribution in [2.24, 2.45) is 0 Å². The lowest BCUT2D eigenvalue weighted by atomic mass is 9.96. The number of hydrogen-bond donors (Lipinski definition) is 1. The van der Waals surface area contributed by atoms with Gasteiger partial charge in [0.25, 0.3) is 0 Å². The highest BCUT2D eigenvalue weighted by atomic mass is 32.1. The Kier molecular flexibility index (Phi) is 3.96. The van der Waals surface area contributed by atoms with Crippen molar-refractivity contribution < 1.29 is 4.79 Å². The molecule has 2 heterocycles. The molecule has 0 bridgehead atoms. The van der Waals surface area contributed by atoms with Gasteiger partial charge in [-0.05, 0) is 25.0 Å². The van der Waals surface area contributed by atoms with E-state index in [0.717, 1.165) is 10.3 Å². The summed E-state index contributed by atoms with van der Waals surface area (Å²) in [6, 6.07) is 4.14.